The molecule has 164 valence electrons. The third-order valence-corrected chi connectivity index (χ3v) is 7.11. The molecule has 4 aromatic rings. The van der Waals surface area contributed by atoms with E-state index in [1.54, 1.807) is 13.1 Å². The van der Waals surface area contributed by atoms with Crippen molar-refractivity contribution < 1.29 is 14.3 Å². The fourth-order valence-electron chi connectivity index (χ4n) is 3.33. The van der Waals surface area contributed by atoms with E-state index in [4.69, 9.17) is 4.74 Å². The van der Waals surface area contributed by atoms with Crippen molar-refractivity contribution in [2.24, 2.45) is 7.05 Å². The van der Waals surface area contributed by atoms with E-state index < -0.39 is 17.2 Å². The summed E-state index contributed by atoms with van der Waals surface area (Å²) in [6.07, 6.45) is 0.613. The summed E-state index contributed by atoms with van der Waals surface area (Å²) in [5.74, 6) is -0.556. The maximum atomic E-state index is 12.9. The first-order chi connectivity index (χ1) is 15.5. The van der Waals surface area contributed by atoms with Gasteiger partial charge in [-0.05, 0) is 29.5 Å². The molecule has 0 spiro atoms. The Morgan fingerprint density at radius 3 is 2.53 bits per heavy atom. The van der Waals surface area contributed by atoms with Crippen LogP contribution in [0.1, 0.15) is 37.7 Å². The Hall–Kier alpha value is -3.30. The van der Waals surface area contributed by atoms with Crippen molar-refractivity contribution in [3.05, 3.63) is 90.1 Å². The molecule has 9 heteroatoms. The lowest BCUT2D eigenvalue weighted by atomic mass is 10.2. The highest BCUT2D eigenvalue weighted by atomic mass is 32.1. The number of Topliss-reactive ketones (excluding diaryl/α,β-unsaturated/α-hetero) is 1. The summed E-state index contributed by atoms with van der Waals surface area (Å²) in [6.45, 7) is 0.248. The van der Waals surface area contributed by atoms with Crippen LogP contribution >= 0.6 is 22.7 Å². The quantitative estimate of drug-likeness (QED) is 0.290. The predicted molar refractivity (Wildman–Crippen MR) is 125 cm³/mol. The second-order valence-electron chi connectivity index (χ2n) is 7.19. The van der Waals surface area contributed by atoms with Crippen LogP contribution < -0.4 is 11.2 Å². The average molecular weight is 469 g/mol. The summed E-state index contributed by atoms with van der Waals surface area (Å²) >= 11 is 2.42. The van der Waals surface area contributed by atoms with Crippen molar-refractivity contribution in [1.82, 2.24) is 9.13 Å². The minimum Gasteiger partial charge on any atom is -0.457 e. The first-order valence-electron chi connectivity index (χ1n) is 9.97. The second kappa shape index (κ2) is 9.46. The maximum Gasteiger partial charge on any atom is 0.348 e. The summed E-state index contributed by atoms with van der Waals surface area (Å²) in [5.41, 5.74) is -0.0871. The summed E-state index contributed by atoms with van der Waals surface area (Å²) in [7, 11) is 1.56. The van der Waals surface area contributed by atoms with Crippen LogP contribution in [0.4, 0.5) is 0 Å². The van der Waals surface area contributed by atoms with Crippen LogP contribution in [0, 0.1) is 0 Å². The first-order valence-corrected chi connectivity index (χ1v) is 11.7. The van der Waals surface area contributed by atoms with Crippen molar-refractivity contribution in [2.75, 3.05) is 0 Å². The Balaban J connectivity index is 1.52. The number of benzene rings is 1. The number of rotatable bonds is 8. The molecular weight excluding hydrogens is 448 g/mol. The molecule has 7 nitrogen and oxygen atoms in total. The van der Waals surface area contributed by atoms with Gasteiger partial charge in [-0.15, -0.1) is 22.7 Å². The molecule has 0 fully saturated rings. The van der Waals surface area contributed by atoms with Gasteiger partial charge in [0, 0.05) is 20.0 Å². The Morgan fingerprint density at radius 1 is 1.03 bits per heavy atom. The van der Waals surface area contributed by atoms with Gasteiger partial charge in [-0.3, -0.25) is 18.7 Å². The van der Waals surface area contributed by atoms with Crippen LogP contribution in [-0.2, 0) is 24.9 Å². The molecule has 0 N–H and O–H groups in total. The number of nitrogens with zero attached hydrogens (tertiary/aromatic N) is 2. The molecule has 1 aromatic carbocycles. The molecule has 0 aliphatic rings. The number of hydrogen-bond donors (Lipinski definition) is 0. The smallest absolute Gasteiger partial charge is 0.348 e. The third-order valence-electron chi connectivity index (χ3n) is 5.01. The number of carbonyl (C=O) groups excluding carboxylic acids is 2. The zero-order valence-electron chi connectivity index (χ0n) is 17.3. The predicted octanol–water partition coefficient (Wildman–Crippen LogP) is 3.84. The van der Waals surface area contributed by atoms with Gasteiger partial charge in [-0.1, -0.05) is 36.4 Å². The molecule has 0 aliphatic carbocycles. The minimum absolute atomic E-state index is 0.00932. The largest absolute Gasteiger partial charge is 0.457 e. The third kappa shape index (κ3) is 4.49. The number of esters is 1. The van der Waals surface area contributed by atoms with Gasteiger partial charge in [0.05, 0.1) is 10.3 Å². The number of thiophene rings is 2. The van der Waals surface area contributed by atoms with Crippen molar-refractivity contribution in [3.63, 3.8) is 0 Å². The van der Waals surface area contributed by atoms with Crippen LogP contribution in [0.5, 0.6) is 0 Å². The minimum atomic E-state index is -0.546. The Labute approximate surface area is 191 Å². The molecule has 0 saturated heterocycles. The lowest BCUT2D eigenvalue weighted by Gasteiger charge is -2.07. The van der Waals surface area contributed by atoms with Gasteiger partial charge >= 0.3 is 11.7 Å². The Bertz CT molecular complexity index is 1380. The lowest BCUT2D eigenvalue weighted by molar-refractivity contribution is 0.0478. The van der Waals surface area contributed by atoms with Gasteiger partial charge in [0.2, 0.25) is 0 Å². The normalized spacial score (nSPS) is 11.0. The van der Waals surface area contributed by atoms with Crippen molar-refractivity contribution in [2.45, 2.75) is 26.0 Å². The van der Waals surface area contributed by atoms with E-state index in [0.29, 0.717) is 16.1 Å². The molecule has 4 rings (SSSR count). The monoisotopic (exact) mass is 468 g/mol. The van der Waals surface area contributed by atoms with E-state index >= 15 is 0 Å². The molecule has 0 radical (unpaired) electrons. The summed E-state index contributed by atoms with van der Waals surface area (Å²) in [6, 6.07) is 14.3. The molecule has 3 heterocycles. The van der Waals surface area contributed by atoms with E-state index in [1.807, 2.05) is 41.8 Å². The highest BCUT2D eigenvalue weighted by Crippen LogP contribution is 2.23. The zero-order chi connectivity index (χ0) is 22.7. The molecule has 0 amide bonds. The number of ether oxygens (including phenoxy) is 1. The van der Waals surface area contributed by atoms with E-state index in [-0.39, 0.29) is 35.6 Å². The molecule has 32 heavy (non-hydrogen) atoms. The topological polar surface area (TPSA) is 87.4 Å². The van der Waals surface area contributed by atoms with Gasteiger partial charge in [-0.2, -0.15) is 0 Å². The van der Waals surface area contributed by atoms with Gasteiger partial charge in [0.15, 0.2) is 5.78 Å². The van der Waals surface area contributed by atoms with Crippen molar-refractivity contribution >= 4 is 44.6 Å². The fraction of sp³-hybridized carbons (Fsp3) is 0.217. The number of ketones is 1. The van der Waals surface area contributed by atoms with Crippen LogP contribution in [-0.4, -0.2) is 20.9 Å². The molecule has 0 bridgehead atoms. The molecule has 3 aromatic heterocycles. The second-order valence-corrected chi connectivity index (χ2v) is 9.17. The van der Waals surface area contributed by atoms with Crippen LogP contribution in [0.15, 0.2) is 63.5 Å². The van der Waals surface area contributed by atoms with Gasteiger partial charge in [-0.25, -0.2) is 9.59 Å². The molecular formula is C23H20N2O5S2. The van der Waals surface area contributed by atoms with E-state index in [9.17, 15) is 19.2 Å². The molecule has 0 saturated carbocycles. The molecule has 0 aliphatic heterocycles. The zero-order valence-corrected chi connectivity index (χ0v) is 18.9. The Kier molecular flexibility index (Phi) is 6.48. The van der Waals surface area contributed by atoms with E-state index in [1.165, 1.54) is 22.0 Å². The van der Waals surface area contributed by atoms with Crippen LogP contribution in [0.25, 0.3) is 10.2 Å². The summed E-state index contributed by atoms with van der Waals surface area (Å²) in [4.78, 5) is 51.7. The van der Waals surface area contributed by atoms with Crippen molar-refractivity contribution in [3.8, 4) is 0 Å². The number of aromatic nitrogens is 2. The number of carbonyl (C=O) groups is 2. The molecule has 0 unspecified atom stereocenters. The number of aryl methyl sites for hydroxylation is 1. The average Bonchev–Trinajstić information content (AvgIpc) is 3.49. The fourth-order valence-corrected chi connectivity index (χ4v) is 5.03. The van der Waals surface area contributed by atoms with E-state index in [0.717, 1.165) is 21.5 Å². The highest BCUT2D eigenvalue weighted by molar-refractivity contribution is 7.20. The lowest BCUT2D eigenvalue weighted by Crippen LogP contribution is -2.38. The summed E-state index contributed by atoms with van der Waals surface area (Å²) < 4.78 is 7.83. The van der Waals surface area contributed by atoms with Crippen LogP contribution in [0.2, 0.25) is 0 Å². The first kappa shape index (κ1) is 21.9. The maximum absolute atomic E-state index is 12.9. The van der Waals surface area contributed by atoms with Gasteiger partial charge in [0.25, 0.3) is 5.56 Å². The van der Waals surface area contributed by atoms with Gasteiger partial charge < -0.3 is 4.74 Å². The Morgan fingerprint density at radius 2 is 1.81 bits per heavy atom. The molecule has 0 atom stereocenters. The highest BCUT2D eigenvalue weighted by Gasteiger charge is 2.19. The van der Waals surface area contributed by atoms with E-state index in [2.05, 4.69) is 0 Å². The number of hydrogen-bond acceptors (Lipinski definition) is 7. The standard InChI is InChI=1S/C23H20N2O5S2/c1-24-21-16(13-19(32-21)22(28)30-14-15-7-3-2-4-8-15)20(27)25(23(24)29)11-5-9-17(26)18-10-6-12-31-18/h2-4,6-8,10,12-13H,5,9,11,14H2,1H3. The number of fused-ring (bicyclic) bond motifs is 1. The SMILES string of the molecule is Cn1c(=O)n(CCCC(=O)c2cccs2)c(=O)c2cc(C(=O)OCc3ccccc3)sc21. The van der Waals surface area contributed by atoms with Gasteiger partial charge in [0.1, 0.15) is 16.3 Å². The van der Waals surface area contributed by atoms with Crippen LogP contribution in [0.3, 0.4) is 0 Å². The summed E-state index contributed by atoms with van der Waals surface area (Å²) in [5, 5.41) is 2.12. The van der Waals surface area contributed by atoms with Crippen molar-refractivity contribution in [1.29, 1.82) is 0 Å².